The number of hydrogen-bond donors (Lipinski definition) is 1. The first kappa shape index (κ1) is 12.9. The van der Waals surface area contributed by atoms with Crippen LogP contribution in [0.3, 0.4) is 0 Å². The second kappa shape index (κ2) is 4.61. The number of carbonyl (C=O) groups is 1. The minimum Gasteiger partial charge on any atom is -0.444 e. The number of ether oxygens (including phenoxy) is 1. The van der Waals surface area contributed by atoms with E-state index in [0.29, 0.717) is 13.1 Å². The second-order valence-electron chi connectivity index (χ2n) is 5.56. The fourth-order valence-corrected chi connectivity index (χ4v) is 2.23. The van der Waals surface area contributed by atoms with Crippen LogP contribution < -0.4 is 5.73 Å². The van der Waals surface area contributed by atoms with Gasteiger partial charge in [0.15, 0.2) is 0 Å². The van der Waals surface area contributed by atoms with Crippen LogP contribution in [-0.2, 0) is 11.3 Å². The summed E-state index contributed by atoms with van der Waals surface area (Å²) in [5.74, 6) is 0. The van der Waals surface area contributed by atoms with Crippen molar-refractivity contribution in [2.75, 3.05) is 6.54 Å². The standard InChI is InChI=1S/C14H20N2O2/c1-14(2,3)18-13(17)16-9-10-6-4-5-7-11(10)12(16)8-15/h4-7,12H,8-9,15H2,1-3H3. The Hall–Kier alpha value is -1.55. The van der Waals surface area contributed by atoms with Crippen LogP contribution in [0.15, 0.2) is 24.3 Å². The molecule has 1 atom stereocenters. The van der Waals surface area contributed by atoms with Crippen molar-refractivity contribution < 1.29 is 9.53 Å². The summed E-state index contributed by atoms with van der Waals surface area (Å²) in [6, 6.07) is 7.93. The third-order valence-corrected chi connectivity index (χ3v) is 2.98. The predicted octanol–water partition coefficient (Wildman–Crippen LogP) is 2.44. The monoisotopic (exact) mass is 248 g/mol. The molecule has 0 aromatic heterocycles. The normalized spacial score (nSPS) is 18.7. The third kappa shape index (κ3) is 2.48. The van der Waals surface area contributed by atoms with Gasteiger partial charge < -0.3 is 10.5 Å². The minimum absolute atomic E-state index is 0.0731. The highest BCUT2D eigenvalue weighted by Crippen LogP contribution is 2.33. The van der Waals surface area contributed by atoms with Gasteiger partial charge in [0.2, 0.25) is 0 Å². The molecule has 0 spiro atoms. The molecule has 1 unspecified atom stereocenters. The number of carbonyl (C=O) groups excluding carboxylic acids is 1. The average Bonchev–Trinajstić information content (AvgIpc) is 2.65. The molecule has 4 heteroatoms. The van der Waals surface area contributed by atoms with Gasteiger partial charge in [-0.25, -0.2) is 4.79 Å². The Morgan fingerprint density at radius 2 is 2.11 bits per heavy atom. The summed E-state index contributed by atoms with van der Waals surface area (Å²) in [6.45, 7) is 6.59. The number of nitrogens with two attached hydrogens (primary N) is 1. The molecule has 1 aromatic carbocycles. The van der Waals surface area contributed by atoms with E-state index in [-0.39, 0.29) is 12.1 Å². The molecule has 0 radical (unpaired) electrons. The Morgan fingerprint density at radius 3 is 2.72 bits per heavy atom. The summed E-state index contributed by atoms with van der Waals surface area (Å²) in [7, 11) is 0. The maximum Gasteiger partial charge on any atom is 0.411 e. The summed E-state index contributed by atoms with van der Waals surface area (Å²) in [6.07, 6.45) is -0.297. The van der Waals surface area contributed by atoms with Crippen LogP contribution in [0.2, 0.25) is 0 Å². The minimum atomic E-state index is -0.481. The summed E-state index contributed by atoms with van der Waals surface area (Å²) < 4.78 is 5.42. The van der Waals surface area contributed by atoms with Crippen molar-refractivity contribution in [3.63, 3.8) is 0 Å². The van der Waals surface area contributed by atoms with Gasteiger partial charge >= 0.3 is 6.09 Å². The van der Waals surface area contributed by atoms with Crippen molar-refractivity contribution in [3.8, 4) is 0 Å². The molecule has 1 heterocycles. The molecule has 1 amide bonds. The first-order valence-electron chi connectivity index (χ1n) is 6.20. The lowest BCUT2D eigenvalue weighted by molar-refractivity contribution is 0.0179. The van der Waals surface area contributed by atoms with Gasteiger partial charge in [0, 0.05) is 6.54 Å². The second-order valence-corrected chi connectivity index (χ2v) is 5.56. The number of nitrogens with zero attached hydrogens (tertiary/aromatic N) is 1. The Labute approximate surface area is 108 Å². The smallest absolute Gasteiger partial charge is 0.411 e. The molecule has 1 aliphatic heterocycles. The Morgan fingerprint density at radius 1 is 1.44 bits per heavy atom. The quantitative estimate of drug-likeness (QED) is 0.830. The van der Waals surface area contributed by atoms with E-state index >= 15 is 0 Å². The fraction of sp³-hybridized carbons (Fsp3) is 0.500. The average molecular weight is 248 g/mol. The molecule has 1 aliphatic rings. The maximum atomic E-state index is 12.1. The molecule has 0 aliphatic carbocycles. The molecule has 2 rings (SSSR count). The zero-order valence-corrected chi connectivity index (χ0v) is 11.1. The van der Waals surface area contributed by atoms with E-state index in [2.05, 4.69) is 0 Å². The molecule has 0 saturated heterocycles. The fourth-order valence-electron chi connectivity index (χ4n) is 2.23. The highest BCUT2D eigenvalue weighted by molar-refractivity contribution is 5.70. The van der Waals surface area contributed by atoms with Crippen molar-refractivity contribution in [2.45, 2.75) is 39.0 Å². The number of benzene rings is 1. The van der Waals surface area contributed by atoms with E-state index < -0.39 is 5.60 Å². The van der Waals surface area contributed by atoms with E-state index in [9.17, 15) is 4.79 Å². The van der Waals surface area contributed by atoms with Gasteiger partial charge in [-0.3, -0.25) is 4.90 Å². The number of hydrogen-bond acceptors (Lipinski definition) is 3. The van der Waals surface area contributed by atoms with Crippen LogP contribution >= 0.6 is 0 Å². The molecular weight excluding hydrogens is 228 g/mol. The molecule has 2 N–H and O–H groups in total. The number of amides is 1. The summed E-state index contributed by atoms with van der Waals surface area (Å²) >= 11 is 0. The first-order valence-corrected chi connectivity index (χ1v) is 6.20. The van der Waals surface area contributed by atoms with Gasteiger partial charge in [0.1, 0.15) is 5.60 Å². The summed E-state index contributed by atoms with van der Waals surface area (Å²) in [4.78, 5) is 13.9. The van der Waals surface area contributed by atoms with Gasteiger partial charge in [-0.1, -0.05) is 24.3 Å². The van der Waals surface area contributed by atoms with E-state index in [4.69, 9.17) is 10.5 Å². The lowest BCUT2D eigenvalue weighted by atomic mass is 10.1. The van der Waals surface area contributed by atoms with E-state index in [0.717, 1.165) is 11.1 Å². The highest BCUT2D eigenvalue weighted by atomic mass is 16.6. The summed E-state index contributed by atoms with van der Waals surface area (Å²) in [5, 5.41) is 0. The Kier molecular flexibility index (Phi) is 3.30. The lowest BCUT2D eigenvalue weighted by Crippen LogP contribution is -2.38. The van der Waals surface area contributed by atoms with Gasteiger partial charge in [0.25, 0.3) is 0 Å². The maximum absolute atomic E-state index is 12.1. The Balaban J connectivity index is 2.20. The van der Waals surface area contributed by atoms with E-state index in [1.165, 1.54) is 0 Å². The third-order valence-electron chi connectivity index (χ3n) is 2.98. The zero-order chi connectivity index (χ0) is 13.3. The van der Waals surface area contributed by atoms with Gasteiger partial charge in [-0.15, -0.1) is 0 Å². The van der Waals surface area contributed by atoms with E-state index in [1.807, 2.05) is 45.0 Å². The van der Waals surface area contributed by atoms with Gasteiger partial charge in [-0.05, 0) is 31.9 Å². The number of rotatable bonds is 1. The van der Waals surface area contributed by atoms with Gasteiger partial charge in [0.05, 0.1) is 12.6 Å². The molecule has 4 nitrogen and oxygen atoms in total. The molecule has 0 fully saturated rings. The molecule has 98 valence electrons. The van der Waals surface area contributed by atoms with Crippen LogP contribution in [0.25, 0.3) is 0 Å². The van der Waals surface area contributed by atoms with Crippen LogP contribution in [0.4, 0.5) is 4.79 Å². The first-order chi connectivity index (χ1) is 8.42. The molecular formula is C14H20N2O2. The topological polar surface area (TPSA) is 55.6 Å². The van der Waals surface area contributed by atoms with Crippen molar-refractivity contribution in [1.82, 2.24) is 4.90 Å². The predicted molar refractivity (Wildman–Crippen MR) is 70.0 cm³/mol. The molecule has 1 aromatic rings. The SMILES string of the molecule is CC(C)(C)OC(=O)N1Cc2ccccc2C1CN. The Bertz CT molecular complexity index is 451. The van der Waals surface area contributed by atoms with E-state index in [1.54, 1.807) is 4.90 Å². The van der Waals surface area contributed by atoms with Gasteiger partial charge in [-0.2, -0.15) is 0 Å². The van der Waals surface area contributed by atoms with Crippen LogP contribution in [-0.4, -0.2) is 23.1 Å². The zero-order valence-electron chi connectivity index (χ0n) is 11.1. The highest BCUT2D eigenvalue weighted by Gasteiger charge is 2.34. The van der Waals surface area contributed by atoms with Crippen molar-refractivity contribution >= 4 is 6.09 Å². The number of fused-ring (bicyclic) bond motifs is 1. The van der Waals surface area contributed by atoms with Crippen molar-refractivity contribution in [3.05, 3.63) is 35.4 Å². The lowest BCUT2D eigenvalue weighted by Gasteiger charge is -2.28. The molecule has 0 saturated carbocycles. The van der Waals surface area contributed by atoms with Crippen molar-refractivity contribution in [2.24, 2.45) is 5.73 Å². The van der Waals surface area contributed by atoms with Crippen LogP contribution in [0, 0.1) is 0 Å². The van der Waals surface area contributed by atoms with Crippen molar-refractivity contribution in [1.29, 1.82) is 0 Å². The summed E-state index contributed by atoms with van der Waals surface area (Å²) in [5.41, 5.74) is 7.59. The molecule has 0 bridgehead atoms. The largest absolute Gasteiger partial charge is 0.444 e. The molecule has 18 heavy (non-hydrogen) atoms. The van der Waals surface area contributed by atoms with Crippen LogP contribution in [0.5, 0.6) is 0 Å². The van der Waals surface area contributed by atoms with Crippen LogP contribution in [0.1, 0.15) is 37.9 Å².